The molecule has 3 aromatic carbocycles. The number of hydrogen-bond donors (Lipinski definition) is 0. The van der Waals surface area contributed by atoms with Crippen molar-refractivity contribution in [3.05, 3.63) is 118 Å². The summed E-state index contributed by atoms with van der Waals surface area (Å²) in [6.45, 7) is 6.35. The summed E-state index contributed by atoms with van der Waals surface area (Å²) in [4.78, 5) is 12.6. The number of fused-ring (bicyclic) bond motifs is 1. The van der Waals surface area contributed by atoms with Crippen molar-refractivity contribution < 1.29 is 4.42 Å². The van der Waals surface area contributed by atoms with E-state index in [1.54, 1.807) is 0 Å². The van der Waals surface area contributed by atoms with Crippen LogP contribution in [-0.2, 0) is 12.8 Å². The number of allylic oxidation sites excluding steroid dienone is 1. The molecule has 0 N–H and O–H groups in total. The molecule has 4 aromatic rings. The highest BCUT2D eigenvalue weighted by molar-refractivity contribution is 5.89. The third-order valence-electron chi connectivity index (χ3n) is 4.98. The molecule has 28 heavy (non-hydrogen) atoms. The second-order valence-electron chi connectivity index (χ2n) is 7.20. The number of rotatable bonds is 5. The SMILES string of the molecule is C=C(Cc1ccccc1)Cc1c(-c2ccc(C)cc2)oc(=O)c2ccccc12. The minimum Gasteiger partial charge on any atom is -0.422 e. The molecule has 0 aliphatic carbocycles. The predicted molar refractivity (Wildman–Crippen MR) is 116 cm³/mol. The van der Waals surface area contributed by atoms with Gasteiger partial charge in [-0.15, -0.1) is 0 Å². The molecule has 0 aliphatic rings. The Bertz CT molecular complexity index is 1180. The molecular weight excluding hydrogens is 344 g/mol. The maximum atomic E-state index is 12.6. The Kier molecular flexibility index (Phi) is 4.94. The van der Waals surface area contributed by atoms with Crippen LogP contribution < -0.4 is 5.63 Å². The second kappa shape index (κ2) is 7.69. The summed E-state index contributed by atoms with van der Waals surface area (Å²) in [6.07, 6.45) is 1.45. The lowest BCUT2D eigenvalue weighted by molar-refractivity contribution is 0.530. The molecule has 2 heteroatoms. The fourth-order valence-electron chi connectivity index (χ4n) is 3.57. The molecule has 2 nitrogen and oxygen atoms in total. The zero-order valence-electron chi connectivity index (χ0n) is 15.9. The molecule has 0 radical (unpaired) electrons. The monoisotopic (exact) mass is 366 g/mol. The van der Waals surface area contributed by atoms with Crippen LogP contribution in [0.2, 0.25) is 0 Å². The molecule has 138 valence electrons. The zero-order valence-corrected chi connectivity index (χ0v) is 15.9. The molecule has 0 fully saturated rings. The van der Waals surface area contributed by atoms with Gasteiger partial charge < -0.3 is 4.42 Å². The molecule has 0 bridgehead atoms. The van der Waals surface area contributed by atoms with Gasteiger partial charge in [-0.2, -0.15) is 0 Å². The van der Waals surface area contributed by atoms with E-state index in [9.17, 15) is 4.79 Å². The van der Waals surface area contributed by atoms with Crippen LogP contribution in [0, 0.1) is 6.92 Å². The van der Waals surface area contributed by atoms with Crippen LogP contribution in [0.25, 0.3) is 22.1 Å². The van der Waals surface area contributed by atoms with Crippen molar-refractivity contribution in [2.75, 3.05) is 0 Å². The van der Waals surface area contributed by atoms with E-state index in [1.807, 2.05) is 73.7 Å². The van der Waals surface area contributed by atoms with Crippen LogP contribution in [-0.4, -0.2) is 0 Å². The van der Waals surface area contributed by atoms with Crippen LogP contribution in [0.1, 0.15) is 16.7 Å². The van der Waals surface area contributed by atoms with Crippen LogP contribution in [0.3, 0.4) is 0 Å². The first-order chi connectivity index (χ1) is 13.6. The molecule has 1 aromatic heterocycles. The van der Waals surface area contributed by atoms with Crippen molar-refractivity contribution in [3.8, 4) is 11.3 Å². The Labute approximate surface area is 164 Å². The van der Waals surface area contributed by atoms with Gasteiger partial charge in [0.2, 0.25) is 0 Å². The highest BCUT2D eigenvalue weighted by Crippen LogP contribution is 2.31. The first kappa shape index (κ1) is 18.0. The Morgan fingerprint density at radius 1 is 0.821 bits per heavy atom. The van der Waals surface area contributed by atoms with Crippen molar-refractivity contribution in [1.82, 2.24) is 0 Å². The quantitative estimate of drug-likeness (QED) is 0.399. The number of benzene rings is 3. The summed E-state index contributed by atoms with van der Waals surface area (Å²) >= 11 is 0. The molecule has 0 atom stereocenters. The zero-order chi connectivity index (χ0) is 19.5. The van der Waals surface area contributed by atoms with Gasteiger partial charge in [-0.25, -0.2) is 4.79 Å². The lowest BCUT2D eigenvalue weighted by Gasteiger charge is -2.14. The fourth-order valence-corrected chi connectivity index (χ4v) is 3.57. The molecule has 0 aliphatic heterocycles. The van der Waals surface area contributed by atoms with Gasteiger partial charge in [-0.1, -0.05) is 90.5 Å². The normalized spacial score (nSPS) is 10.9. The van der Waals surface area contributed by atoms with Crippen molar-refractivity contribution in [1.29, 1.82) is 0 Å². The van der Waals surface area contributed by atoms with E-state index >= 15 is 0 Å². The average molecular weight is 366 g/mol. The van der Waals surface area contributed by atoms with Gasteiger partial charge >= 0.3 is 5.63 Å². The summed E-state index contributed by atoms with van der Waals surface area (Å²) in [5.41, 5.74) is 5.10. The standard InChI is InChI=1S/C26H22O2/c1-18-12-14-21(15-13-18)25-24(17-19(2)16-20-8-4-3-5-9-20)22-10-6-7-11-23(22)26(27)28-25/h3-15H,2,16-17H2,1H3. The van der Waals surface area contributed by atoms with Crippen molar-refractivity contribution >= 4 is 10.8 Å². The van der Waals surface area contributed by atoms with Gasteiger partial charge in [0.25, 0.3) is 0 Å². The maximum absolute atomic E-state index is 12.6. The van der Waals surface area contributed by atoms with Crippen LogP contribution in [0.15, 0.2) is 100 Å². The molecule has 1 heterocycles. The summed E-state index contributed by atoms with van der Waals surface area (Å²) in [6, 6.07) is 26.0. The average Bonchev–Trinajstić information content (AvgIpc) is 2.71. The number of hydrogen-bond acceptors (Lipinski definition) is 2. The fraction of sp³-hybridized carbons (Fsp3) is 0.115. The largest absolute Gasteiger partial charge is 0.422 e. The van der Waals surface area contributed by atoms with E-state index in [4.69, 9.17) is 4.42 Å². The van der Waals surface area contributed by atoms with Gasteiger partial charge in [0.1, 0.15) is 5.76 Å². The van der Waals surface area contributed by atoms with Crippen molar-refractivity contribution in [3.63, 3.8) is 0 Å². The van der Waals surface area contributed by atoms with Crippen LogP contribution in [0.5, 0.6) is 0 Å². The molecule has 4 rings (SSSR count). The molecule has 0 amide bonds. The van der Waals surface area contributed by atoms with Crippen molar-refractivity contribution in [2.45, 2.75) is 19.8 Å². The highest BCUT2D eigenvalue weighted by Gasteiger charge is 2.16. The Hall–Kier alpha value is -3.39. The van der Waals surface area contributed by atoms with Crippen LogP contribution in [0.4, 0.5) is 0 Å². The predicted octanol–water partition coefficient (Wildman–Crippen LogP) is 6.11. The van der Waals surface area contributed by atoms with Gasteiger partial charge in [-0.3, -0.25) is 0 Å². The number of aryl methyl sites for hydroxylation is 1. The maximum Gasteiger partial charge on any atom is 0.344 e. The molecule has 0 unspecified atom stereocenters. The first-order valence-electron chi connectivity index (χ1n) is 9.44. The molecule has 0 saturated heterocycles. The Morgan fingerprint density at radius 2 is 1.46 bits per heavy atom. The van der Waals surface area contributed by atoms with Gasteiger partial charge in [0.05, 0.1) is 5.39 Å². The van der Waals surface area contributed by atoms with E-state index in [0.29, 0.717) is 17.6 Å². The van der Waals surface area contributed by atoms with Crippen molar-refractivity contribution in [2.24, 2.45) is 0 Å². The topological polar surface area (TPSA) is 30.2 Å². The lowest BCUT2D eigenvalue weighted by atomic mass is 9.93. The summed E-state index contributed by atoms with van der Waals surface area (Å²) < 4.78 is 5.80. The van der Waals surface area contributed by atoms with E-state index < -0.39 is 0 Å². The lowest BCUT2D eigenvalue weighted by Crippen LogP contribution is -2.06. The van der Waals surface area contributed by atoms with E-state index in [0.717, 1.165) is 28.5 Å². The first-order valence-corrected chi connectivity index (χ1v) is 9.44. The van der Waals surface area contributed by atoms with Crippen LogP contribution >= 0.6 is 0 Å². The molecular formula is C26H22O2. The van der Waals surface area contributed by atoms with Gasteiger partial charge in [-0.05, 0) is 36.8 Å². The Morgan fingerprint density at radius 3 is 2.18 bits per heavy atom. The smallest absolute Gasteiger partial charge is 0.344 e. The summed E-state index contributed by atoms with van der Waals surface area (Å²) in [7, 11) is 0. The van der Waals surface area contributed by atoms with Gasteiger partial charge in [0.15, 0.2) is 0 Å². The van der Waals surface area contributed by atoms with E-state index in [-0.39, 0.29) is 5.63 Å². The minimum atomic E-state index is -0.302. The van der Waals surface area contributed by atoms with E-state index in [1.165, 1.54) is 11.1 Å². The summed E-state index contributed by atoms with van der Waals surface area (Å²) in [5.74, 6) is 0.637. The molecule has 0 saturated carbocycles. The van der Waals surface area contributed by atoms with E-state index in [2.05, 4.69) is 18.7 Å². The highest BCUT2D eigenvalue weighted by atomic mass is 16.4. The third-order valence-corrected chi connectivity index (χ3v) is 4.98. The van der Waals surface area contributed by atoms with Gasteiger partial charge in [0, 0.05) is 11.1 Å². The Balaban J connectivity index is 1.81. The minimum absolute atomic E-state index is 0.302. The third kappa shape index (κ3) is 3.67. The second-order valence-corrected chi connectivity index (χ2v) is 7.20. The summed E-state index contributed by atoms with van der Waals surface area (Å²) in [5, 5.41) is 1.55. The molecule has 0 spiro atoms.